The number of carbonyl (C=O) groups is 2. The Labute approximate surface area is 220 Å². The Morgan fingerprint density at radius 3 is 2.51 bits per heavy atom. The SMILES string of the molecule is COC(=N)CCC(=O)N(C)N(Cc1ccc(C(F)(F)F)cn1)C(=O)c1ccc2nc(N)c3cnn(C)c3c2c1. The number of nitrogens with one attached hydrogen (secondary N) is 1. The van der Waals surface area contributed by atoms with Crippen molar-refractivity contribution >= 4 is 45.3 Å². The summed E-state index contributed by atoms with van der Waals surface area (Å²) in [6.07, 6.45) is -2.46. The number of hydrazine groups is 1. The van der Waals surface area contributed by atoms with Gasteiger partial charge in [0.05, 0.1) is 47.5 Å². The van der Waals surface area contributed by atoms with Gasteiger partial charge in [0.15, 0.2) is 5.90 Å². The number of amides is 2. The minimum absolute atomic E-state index is 0.00176. The number of halogens is 3. The molecular weight excluding hydrogens is 517 g/mol. The van der Waals surface area contributed by atoms with E-state index in [9.17, 15) is 22.8 Å². The van der Waals surface area contributed by atoms with Crippen molar-refractivity contribution in [2.75, 3.05) is 19.9 Å². The molecular formula is C25H25F3N8O3. The van der Waals surface area contributed by atoms with Crippen LogP contribution in [-0.2, 0) is 29.3 Å². The molecule has 204 valence electrons. The lowest BCUT2D eigenvalue weighted by Gasteiger charge is -2.32. The summed E-state index contributed by atoms with van der Waals surface area (Å²) in [7, 11) is 4.40. The minimum Gasteiger partial charge on any atom is -0.484 e. The summed E-state index contributed by atoms with van der Waals surface area (Å²) >= 11 is 0. The number of nitrogen functional groups attached to an aromatic ring is 1. The molecule has 2 amide bonds. The van der Waals surface area contributed by atoms with Gasteiger partial charge in [-0.15, -0.1) is 0 Å². The zero-order chi connectivity index (χ0) is 28.5. The van der Waals surface area contributed by atoms with Gasteiger partial charge < -0.3 is 10.5 Å². The van der Waals surface area contributed by atoms with Crippen LogP contribution in [0.3, 0.4) is 0 Å². The average molecular weight is 543 g/mol. The number of pyridine rings is 2. The van der Waals surface area contributed by atoms with Gasteiger partial charge in [-0.25, -0.2) is 9.99 Å². The number of rotatable bonds is 6. The molecule has 0 bridgehead atoms. The number of hydrogen-bond acceptors (Lipinski definition) is 8. The molecule has 0 radical (unpaired) electrons. The first-order chi connectivity index (χ1) is 18.4. The normalized spacial score (nSPS) is 11.5. The van der Waals surface area contributed by atoms with Gasteiger partial charge in [-0.2, -0.15) is 18.3 Å². The van der Waals surface area contributed by atoms with Crippen molar-refractivity contribution in [2.45, 2.75) is 25.6 Å². The third-order valence-electron chi connectivity index (χ3n) is 6.19. The summed E-state index contributed by atoms with van der Waals surface area (Å²) in [4.78, 5) is 34.9. The zero-order valence-electron chi connectivity index (χ0n) is 21.3. The van der Waals surface area contributed by atoms with Crippen molar-refractivity contribution in [1.82, 2.24) is 29.8 Å². The van der Waals surface area contributed by atoms with Crippen molar-refractivity contribution in [1.29, 1.82) is 5.41 Å². The number of carbonyl (C=O) groups excluding carboxylic acids is 2. The number of methoxy groups -OCH3 is 1. The van der Waals surface area contributed by atoms with Crippen LogP contribution >= 0.6 is 0 Å². The van der Waals surface area contributed by atoms with Crippen LogP contribution < -0.4 is 5.73 Å². The Bertz CT molecular complexity index is 1570. The second-order valence-corrected chi connectivity index (χ2v) is 8.70. The lowest BCUT2D eigenvalue weighted by Crippen LogP contribution is -2.47. The highest BCUT2D eigenvalue weighted by atomic mass is 19.4. The predicted octanol–water partition coefficient (Wildman–Crippen LogP) is 3.54. The third kappa shape index (κ3) is 5.58. The largest absolute Gasteiger partial charge is 0.484 e. The van der Waals surface area contributed by atoms with Crippen molar-refractivity contribution < 1.29 is 27.5 Å². The Morgan fingerprint density at radius 1 is 1.13 bits per heavy atom. The molecule has 0 saturated carbocycles. The molecule has 39 heavy (non-hydrogen) atoms. The van der Waals surface area contributed by atoms with E-state index < -0.39 is 23.6 Å². The number of benzene rings is 1. The molecule has 0 aliphatic rings. The first-order valence-corrected chi connectivity index (χ1v) is 11.6. The molecule has 0 saturated heterocycles. The average Bonchev–Trinajstić information content (AvgIpc) is 3.31. The Hall–Kier alpha value is -4.75. The van der Waals surface area contributed by atoms with Crippen molar-refractivity contribution in [3.8, 4) is 0 Å². The van der Waals surface area contributed by atoms with Gasteiger partial charge in [0.1, 0.15) is 5.82 Å². The van der Waals surface area contributed by atoms with E-state index in [4.69, 9.17) is 15.9 Å². The van der Waals surface area contributed by atoms with Gasteiger partial charge in [-0.3, -0.25) is 29.7 Å². The summed E-state index contributed by atoms with van der Waals surface area (Å²) < 4.78 is 45.4. The molecule has 0 atom stereocenters. The molecule has 0 spiro atoms. The molecule has 14 heteroatoms. The number of nitrogens with two attached hydrogens (primary N) is 1. The van der Waals surface area contributed by atoms with Crippen LogP contribution in [0, 0.1) is 5.41 Å². The Morgan fingerprint density at radius 2 is 1.87 bits per heavy atom. The van der Waals surface area contributed by atoms with E-state index in [1.165, 1.54) is 20.2 Å². The van der Waals surface area contributed by atoms with E-state index in [2.05, 4.69) is 15.1 Å². The molecule has 3 aromatic heterocycles. The molecule has 0 aliphatic carbocycles. The monoisotopic (exact) mass is 542 g/mol. The number of alkyl halides is 3. The van der Waals surface area contributed by atoms with Crippen LogP contribution in [0.1, 0.15) is 34.5 Å². The third-order valence-corrected chi connectivity index (χ3v) is 6.19. The van der Waals surface area contributed by atoms with E-state index >= 15 is 0 Å². The maximum absolute atomic E-state index is 13.8. The summed E-state index contributed by atoms with van der Waals surface area (Å²) in [6.45, 7) is -0.292. The van der Waals surface area contributed by atoms with Gasteiger partial charge in [-0.1, -0.05) is 0 Å². The van der Waals surface area contributed by atoms with E-state index in [1.807, 2.05) is 0 Å². The van der Waals surface area contributed by atoms with Gasteiger partial charge in [0.25, 0.3) is 5.91 Å². The first-order valence-electron chi connectivity index (χ1n) is 11.6. The quantitative estimate of drug-likeness (QED) is 0.216. The molecule has 0 unspecified atom stereocenters. The van der Waals surface area contributed by atoms with Crippen LogP contribution in [0.15, 0.2) is 42.7 Å². The van der Waals surface area contributed by atoms with Crippen LogP contribution in [-0.4, -0.2) is 61.6 Å². The zero-order valence-corrected chi connectivity index (χ0v) is 21.3. The molecule has 0 aliphatic heterocycles. The van der Waals surface area contributed by atoms with Crippen LogP contribution in [0.25, 0.3) is 21.8 Å². The smallest absolute Gasteiger partial charge is 0.417 e. The maximum Gasteiger partial charge on any atom is 0.417 e. The fourth-order valence-corrected chi connectivity index (χ4v) is 4.01. The number of fused-ring (bicyclic) bond motifs is 3. The van der Waals surface area contributed by atoms with Crippen molar-refractivity contribution in [3.63, 3.8) is 0 Å². The predicted molar refractivity (Wildman–Crippen MR) is 136 cm³/mol. The highest BCUT2D eigenvalue weighted by molar-refractivity contribution is 6.10. The molecule has 11 nitrogen and oxygen atoms in total. The van der Waals surface area contributed by atoms with Crippen LogP contribution in [0.2, 0.25) is 0 Å². The van der Waals surface area contributed by atoms with Crippen molar-refractivity contribution in [3.05, 3.63) is 59.5 Å². The second-order valence-electron chi connectivity index (χ2n) is 8.70. The van der Waals surface area contributed by atoms with Gasteiger partial charge in [0, 0.05) is 44.1 Å². The van der Waals surface area contributed by atoms with E-state index in [1.54, 1.807) is 30.1 Å². The van der Waals surface area contributed by atoms with Crippen LogP contribution in [0.5, 0.6) is 0 Å². The number of hydrogen-bond donors (Lipinski definition) is 2. The minimum atomic E-state index is -4.57. The Balaban J connectivity index is 1.72. The summed E-state index contributed by atoms with van der Waals surface area (Å²) in [5, 5.41) is 15.2. The van der Waals surface area contributed by atoms with E-state index in [-0.39, 0.29) is 42.4 Å². The van der Waals surface area contributed by atoms with Crippen molar-refractivity contribution in [2.24, 2.45) is 7.05 Å². The lowest BCUT2D eigenvalue weighted by molar-refractivity contribution is -0.142. The lowest BCUT2D eigenvalue weighted by atomic mass is 10.1. The van der Waals surface area contributed by atoms with Gasteiger partial charge in [-0.05, 0) is 30.3 Å². The molecule has 4 rings (SSSR count). The Kier molecular flexibility index (Phi) is 7.38. The molecule has 0 fully saturated rings. The van der Waals surface area contributed by atoms with E-state index in [0.29, 0.717) is 28.0 Å². The fraction of sp³-hybridized carbons (Fsp3) is 0.280. The molecule has 3 N–H and O–H groups in total. The first kappa shape index (κ1) is 27.3. The standard InChI is InChI=1S/C25H25F3N8O3/c1-34-22-17-10-14(4-7-19(17)33-23(30)18(22)12-32-34)24(38)36(35(2)21(37)9-8-20(29)39-3)13-16-6-5-15(11-31-16)25(26,27)28/h4-7,10-12,29H,8-9,13H2,1-3H3,(H2,30,33). The van der Waals surface area contributed by atoms with Crippen LogP contribution in [0.4, 0.5) is 19.0 Å². The number of aryl methyl sites for hydroxylation is 1. The van der Waals surface area contributed by atoms with Gasteiger partial charge in [0.2, 0.25) is 5.91 Å². The van der Waals surface area contributed by atoms with Gasteiger partial charge >= 0.3 is 6.18 Å². The summed E-state index contributed by atoms with van der Waals surface area (Å²) in [5.41, 5.74) is 6.62. The molecule has 1 aromatic carbocycles. The summed E-state index contributed by atoms with van der Waals surface area (Å²) in [5.74, 6) is -0.947. The maximum atomic E-state index is 13.8. The molecule has 3 heterocycles. The highest BCUT2D eigenvalue weighted by Crippen LogP contribution is 2.30. The fourth-order valence-electron chi connectivity index (χ4n) is 4.01. The number of anilines is 1. The highest BCUT2D eigenvalue weighted by Gasteiger charge is 2.31. The number of aromatic nitrogens is 4. The number of ether oxygens (including phenoxy) is 1. The van der Waals surface area contributed by atoms with E-state index in [0.717, 1.165) is 22.2 Å². The summed E-state index contributed by atoms with van der Waals surface area (Å²) in [6, 6.07) is 6.74. The molecule has 4 aromatic rings. The second kappa shape index (κ2) is 10.6. The number of nitrogens with zero attached hydrogens (tertiary/aromatic N) is 6. The topological polar surface area (TPSA) is 143 Å².